The van der Waals surface area contributed by atoms with E-state index in [2.05, 4.69) is 46.3 Å². The lowest BCUT2D eigenvalue weighted by atomic mass is 9.87. The number of nitrogens with zero attached hydrogens (tertiary/aromatic N) is 2. The van der Waals surface area contributed by atoms with Gasteiger partial charge < -0.3 is 14.6 Å². The third-order valence-corrected chi connectivity index (χ3v) is 6.36. The molecule has 0 radical (unpaired) electrons. The molecule has 1 N–H and O–H groups in total. The van der Waals surface area contributed by atoms with Crippen LogP contribution in [0.15, 0.2) is 73.1 Å². The third kappa shape index (κ3) is 3.55. The third-order valence-electron chi connectivity index (χ3n) is 6.36. The fourth-order valence-electron chi connectivity index (χ4n) is 4.77. The highest BCUT2D eigenvalue weighted by molar-refractivity contribution is 5.86. The van der Waals surface area contributed by atoms with Gasteiger partial charge in [-0.15, -0.1) is 0 Å². The Balaban J connectivity index is 1.63. The fourth-order valence-corrected chi connectivity index (χ4v) is 4.77. The molecule has 0 bridgehead atoms. The minimum absolute atomic E-state index is 0.0334. The van der Waals surface area contributed by atoms with Crippen LogP contribution >= 0.6 is 0 Å². The van der Waals surface area contributed by atoms with E-state index < -0.39 is 0 Å². The number of phenols is 1. The zero-order chi connectivity index (χ0) is 22.1. The number of fused-ring (bicyclic) bond motifs is 2. The molecule has 4 aromatic rings. The van der Waals surface area contributed by atoms with E-state index in [-0.39, 0.29) is 6.04 Å². The molecule has 5 nitrogen and oxygen atoms in total. The number of methoxy groups -OCH3 is 2. The zero-order valence-corrected chi connectivity index (χ0v) is 18.3. The van der Waals surface area contributed by atoms with Crippen LogP contribution in [-0.4, -0.2) is 35.8 Å². The summed E-state index contributed by atoms with van der Waals surface area (Å²) in [6.07, 6.45) is 4.52. The Morgan fingerprint density at radius 1 is 1.00 bits per heavy atom. The van der Waals surface area contributed by atoms with E-state index >= 15 is 0 Å². The molecule has 3 aromatic carbocycles. The van der Waals surface area contributed by atoms with Crippen LogP contribution in [0.25, 0.3) is 10.8 Å². The topological polar surface area (TPSA) is 54.8 Å². The smallest absolute Gasteiger partial charge is 0.161 e. The fraction of sp³-hybridized carbons (Fsp3) is 0.222. The minimum Gasteiger partial charge on any atom is -0.508 e. The summed E-state index contributed by atoms with van der Waals surface area (Å²) in [6.45, 7) is 1.47. The number of rotatable bonds is 5. The summed E-state index contributed by atoms with van der Waals surface area (Å²) in [6, 6.07) is 20.4. The van der Waals surface area contributed by atoms with Gasteiger partial charge in [-0.05, 0) is 52.8 Å². The van der Waals surface area contributed by atoms with Crippen molar-refractivity contribution in [2.75, 3.05) is 20.8 Å². The van der Waals surface area contributed by atoms with Gasteiger partial charge in [0.05, 0.1) is 20.3 Å². The predicted octanol–water partition coefficient (Wildman–Crippen LogP) is 5.11. The van der Waals surface area contributed by atoms with Crippen molar-refractivity contribution < 1.29 is 14.6 Å². The SMILES string of the molecule is COc1cc2c(cc1OC)[C@@H](c1ccccc1)N(Cc1c(O)ccc3ccncc13)CC2. The number of aromatic nitrogens is 1. The van der Waals surface area contributed by atoms with Gasteiger partial charge >= 0.3 is 0 Å². The van der Waals surface area contributed by atoms with Gasteiger partial charge in [-0.1, -0.05) is 36.4 Å². The lowest BCUT2D eigenvalue weighted by molar-refractivity contribution is 0.202. The Hall–Kier alpha value is -3.57. The molecule has 1 aromatic heterocycles. The van der Waals surface area contributed by atoms with E-state index in [1.807, 2.05) is 24.4 Å². The Bertz CT molecular complexity index is 1260. The van der Waals surface area contributed by atoms with Crippen molar-refractivity contribution in [1.29, 1.82) is 0 Å². The molecule has 0 amide bonds. The molecule has 1 aliphatic rings. The first-order valence-corrected chi connectivity index (χ1v) is 10.8. The molecule has 0 saturated heterocycles. The van der Waals surface area contributed by atoms with E-state index in [0.29, 0.717) is 12.3 Å². The summed E-state index contributed by atoms with van der Waals surface area (Å²) >= 11 is 0. The summed E-state index contributed by atoms with van der Waals surface area (Å²) in [5.41, 5.74) is 4.58. The standard InChI is InChI=1S/C27H26N2O3/c1-31-25-14-20-11-13-29(17-23-22-16-28-12-10-18(22)8-9-24(23)30)27(19-6-4-3-5-7-19)21(20)15-26(25)32-2/h3-10,12,14-16,27,30H,11,13,17H2,1-2H3/t27-/m1/s1. The highest BCUT2D eigenvalue weighted by Gasteiger charge is 2.31. The number of phenolic OH excluding ortho intramolecular Hbond substituents is 1. The average molecular weight is 427 g/mol. The molecule has 0 aliphatic carbocycles. The molecule has 32 heavy (non-hydrogen) atoms. The largest absolute Gasteiger partial charge is 0.508 e. The van der Waals surface area contributed by atoms with E-state index in [9.17, 15) is 5.11 Å². The van der Waals surface area contributed by atoms with Crippen LogP contribution in [0.3, 0.4) is 0 Å². The molecule has 0 unspecified atom stereocenters. The van der Waals surface area contributed by atoms with Crippen LogP contribution in [0.4, 0.5) is 0 Å². The van der Waals surface area contributed by atoms with Crippen molar-refractivity contribution in [2.24, 2.45) is 0 Å². The molecule has 162 valence electrons. The van der Waals surface area contributed by atoms with Crippen molar-refractivity contribution in [3.8, 4) is 17.2 Å². The number of hydrogen-bond donors (Lipinski definition) is 1. The van der Waals surface area contributed by atoms with Crippen molar-refractivity contribution >= 4 is 10.8 Å². The second kappa shape index (κ2) is 8.52. The number of ether oxygens (including phenoxy) is 2. The summed E-state index contributed by atoms with van der Waals surface area (Å²) < 4.78 is 11.2. The lowest BCUT2D eigenvalue weighted by Gasteiger charge is -2.38. The first-order chi connectivity index (χ1) is 15.7. The molecule has 5 rings (SSSR count). The molecule has 0 spiro atoms. The minimum atomic E-state index is 0.0334. The van der Waals surface area contributed by atoms with Crippen LogP contribution < -0.4 is 9.47 Å². The molecular weight excluding hydrogens is 400 g/mol. The first kappa shape index (κ1) is 20.3. The summed E-state index contributed by atoms with van der Waals surface area (Å²) in [5, 5.41) is 12.8. The summed E-state index contributed by atoms with van der Waals surface area (Å²) in [4.78, 5) is 6.72. The van der Waals surface area contributed by atoms with Crippen molar-refractivity contribution in [3.05, 3.63) is 95.3 Å². The van der Waals surface area contributed by atoms with Gasteiger partial charge in [0, 0.05) is 36.4 Å². The molecule has 2 heterocycles. The first-order valence-electron chi connectivity index (χ1n) is 10.8. The quantitative estimate of drug-likeness (QED) is 0.481. The van der Waals surface area contributed by atoms with Crippen LogP contribution in [0.5, 0.6) is 17.2 Å². The van der Waals surface area contributed by atoms with Crippen molar-refractivity contribution in [3.63, 3.8) is 0 Å². The highest BCUT2D eigenvalue weighted by Crippen LogP contribution is 2.42. The molecule has 5 heteroatoms. The molecule has 0 saturated carbocycles. The number of pyridine rings is 1. The van der Waals surface area contributed by atoms with Crippen LogP contribution in [0.1, 0.15) is 28.3 Å². The average Bonchev–Trinajstić information content (AvgIpc) is 2.85. The monoisotopic (exact) mass is 426 g/mol. The Morgan fingerprint density at radius 3 is 2.56 bits per heavy atom. The van der Waals surface area contributed by atoms with Gasteiger partial charge in [-0.25, -0.2) is 0 Å². The van der Waals surface area contributed by atoms with Crippen LogP contribution in [-0.2, 0) is 13.0 Å². The maximum absolute atomic E-state index is 10.8. The lowest BCUT2D eigenvalue weighted by Crippen LogP contribution is -2.35. The van der Waals surface area contributed by atoms with Crippen LogP contribution in [0.2, 0.25) is 0 Å². The molecule has 1 atom stereocenters. The van der Waals surface area contributed by atoms with E-state index in [1.54, 1.807) is 26.5 Å². The van der Waals surface area contributed by atoms with E-state index in [0.717, 1.165) is 40.8 Å². The molecule has 0 fully saturated rings. The highest BCUT2D eigenvalue weighted by atomic mass is 16.5. The Morgan fingerprint density at radius 2 is 1.78 bits per heavy atom. The van der Waals surface area contributed by atoms with Gasteiger partial charge in [-0.2, -0.15) is 0 Å². The van der Waals surface area contributed by atoms with Gasteiger partial charge in [0.15, 0.2) is 11.5 Å². The second-order valence-corrected chi connectivity index (χ2v) is 8.10. The van der Waals surface area contributed by atoms with Gasteiger partial charge in [0.2, 0.25) is 0 Å². The van der Waals surface area contributed by atoms with E-state index in [1.165, 1.54) is 16.7 Å². The van der Waals surface area contributed by atoms with Crippen LogP contribution in [0, 0.1) is 0 Å². The summed E-state index contributed by atoms with van der Waals surface area (Å²) in [5.74, 6) is 1.78. The van der Waals surface area contributed by atoms with Gasteiger partial charge in [0.1, 0.15) is 5.75 Å². The molecule has 1 aliphatic heterocycles. The zero-order valence-electron chi connectivity index (χ0n) is 18.3. The van der Waals surface area contributed by atoms with Crippen molar-refractivity contribution in [2.45, 2.75) is 19.0 Å². The van der Waals surface area contributed by atoms with Crippen molar-refractivity contribution in [1.82, 2.24) is 9.88 Å². The molecular formula is C27H26N2O3. The predicted molar refractivity (Wildman–Crippen MR) is 125 cm³/mol. The normalized spacial score (nSPS) is 16.0. The Labute approximate surface area is 187 Å². The number of benzene rings is 3. The maximum atomic E-state index is 10.8. The summed E-state index contributed by atoms with van der Waals surface area (Å²) in [7, 11) is 3.34. The number of hydrogen-bond acceptors (Lipinski definition) is 5. The van der Waals surface area contributed by atoms with Gasteiger partial charge in [0.25, 0.3) is 0 Å². The van der Waals surface area contributed by atoms with E-state index in [4.69, 9.17) is 9.47 Å². The maximum Gasteiger partial charge on any atom is 0.161 e. The Kier molecular flexibility index (Phi) is 5.41. The van der Waals surface area contributed by atoms with Gasteiger partial charge in [-0.3, -0.25) is 9.88 Å². The number of aromatic hydroxyl groups is 1. The second-order valence-electron chi connectivity index (χ2n) is 8.10.